The summed E-state index contributed by atoms with van der Waals surface area (Å²) in [6, 6.07) is 0. The molecule has 0 radical (unpaired) electrons. The van der Waals surface area contributed by atoms with E-state index in [9.17, 15) is 4.79 Å². The fourth-order valence-corrected chi connectivity index (χ4v) is 10.9. The highest BCUT2D eigenvalue weighted by molar-refractivity contribution is 6.64. The van der Waals surface area contributed by atoms with Gasteiger partial charge in [0.15, 0.2) is 0 Å². The molecule has 0 aromatic heterocycles. The number of carbonyl (C=O) groups is 1. The number of rotatable bonds is 1. The van der Waals surface area contributed by atoms with E-state index in [0.717, 1.165) is 31.6 Å². The van der Waals surface area contributed by atoms with Gasteiger partial charge >= 0.3 is 0 Å². The molecular formula is C30H46Cl2O. The first-order valence-electron chi connectivity index (χ1n) is 13.7. The minimum absolute atomic E-state index is 0.120. The normalized spacial score (nSPS) is 55.4. The number of fused-ring (bicyclic) bond motifs is 7. The largest absolute Gasteiger partial charge is 0.281 e. The maximum atomic E-state index is 12.5. The highest BCUT2D eigenvalue weighted by atomic mass is 35.5. The first-order valence-corrected chi connectivity index (χ1v) is 14.5. The molecule has 0 spiro atoms. The third-order valence-corrected chi connectivity index (χ3v) is 14.5. The Hall–Kier alpha value is -0.0100. The lowest BCUT2D eigenvalue weighted by Gasteiger charge is -2.71. The molecule has 3 unspecified atom stereocenters. The molecule has 0 aromatic rings. The van der Waals surface area contributed by atoms with E-state index in [4.69, 9.17) is 23.2 Å². The molecule has 5 aliphatic carbocycles. The summed E-state index contributed by atoms with van der Waals surface area (Å²) in [6.07, 6.45) is 14.5. The zero-order chi connectivity index (χ0) is 24.2. The minimum Gasteiger partial charge on any atom is -0.281 e. The molecule has 4 saturated carbocycles. The summed E-state index contributed by atoms with van der Waals surface area (Å²) >= 11 is 13.1. The Bertz CT molecular complexity index is 892. The lowest BCUT2D eigenvalue weighted by Crippen LogP contribution is -2.64. The molecule has 33 heavy (non-hydrogen) atoms. The van der Waals surface area contributed by atoms with Crippen molar-refractivity contribution in [2.24, 2.45) is 50.2 Å². The molecule has 5 aliphatic rings. The van der Waals surface area contributed by atoms with Crippen molar-refractivity contribution in [3.63, 3.8) is 0 Å². The van der Waals surface area contributed by atoms with Crippen LogP contribution in [0.4, 0.5) is 0 Å². The van der Waals surface area contributed by atoms with E-state index in [0.29, 0.717) is 33.5 Å². The number of halogens is 2. The maximum Gasteiger partial charge on any atom is 0.227 e. The van der Waals surface area contributed by atoms with E-state index < -0.39 is 0 Å². The van der Waals surface area contributed by atoms with Crippen LogP contribution in [-0.2, 0) is 4.79 Å². The molecular weight excluding hydrogens is 447 g/mol. The van der Waals surface area contributed by atoms with Crippen LogP contribution in [-0.4, -0.2) is 10.6 Å². The zero-order valence-corrected chi connectivity index (χ0v) is 23.6. The van der Waals surface area contributed by atoms with Crippen molar-refractivity contribution in [3.8, 4) is 0 Å². The number of carbonyl (C=O) groups excluding carboxylic acids is 1. The van der Waals surface area contributed by atoms with Crippen LogP contribution in [0, 0.1) is 50.2 Å². The molecule has 0 bridgehead atoms. The van der Waals surface area contributed by atoms with E-state index >= 15 is 0 Å². The zero-order valence-electron chi connectivity index (χ0n) is 22.1. The highest BCUT2D eigenvalue weighted by Gasteiger charge is 2.68. The number of hydrogen-bond acceptors (Lipinski definition) is 1. The number of allylic oxidation sites excluding steroid dienone is 2. The SMILES string of the molecule is CC1(C)C2CC[C@]3(C)C(CC=C4C5C[C@@](C)(C(=O)Cl)CC[C@]5(C)CC[C@@]43C)[C@@]2(C)CC[C@@H]1Cl. The van der Waals surface area contributed by atoms with Gasteiger partial charge in [0.25, 0.3) is 0 Å². The van der Waals surface area contributed by atoms with Crippen LogP contribution in [0.2, 0.25) is 0 Å². The Labute approximate surface area is 212 Å². The standard InChI is InChI=1S/C30H46Cl2O/c1-25(2)21-10-13-30(7)22(28(21,5)12-11-23(25)31)9-8-19-20-18-27(4,24(32)33)15-14-26(20,3)16-17-29(19,30)6/h8,20-23H,9-18H2,1-7H3/t20?,21?,22?,23-,26+,27-,28-,29-,30+/m0/s1. The Morgan fingerprint density at radius 3 is 2.21 bits per heavy atom. The summed E-state index contributed by atoms with van der Waals surface area (Å²) in [5, 5.41) is 0.180. The van der Waals surface area contributed by atoms with Crippen LogP contribution in [0.3, 0.4) is 0 Å². The second kappa shape index (κ2) is 7.27. The van der Waals surface area contributed by atoms with Crippen LogP contribution < -0.4 is 0 Å². The molecule has 186 valence electrons. The van der Waals surface area contributed by atoms with Crippen LogP contribution in [0.5, 0.6) is 0 Å². The van der Waals surface area contributed by atoms with Crippen molar-refractivity contribution in [2.75, 3.05) is 0 Å². The van der Waals surface area contributed by atoms with Gasteiger partial charge in [-0.2, -0.15) is 0 Å². The topological polar surface area (TPSA) is 17.1 Å². The van der Waals surface area contributed by atoms with E-state index in [1.54, 1.807) is 5.57 Å². The van der Waals surface area contributed by atoms with Crippen molar-refractivity contribution >= 4 is 28.4 Å². The Balaban J connectivity index is 1.57. The Kier molecular flexibility index (Phi) is 5.44. The molecule has 0 aromatic carbocycles. The van der Waals surface area contributed by atoms with Crippen molar-refractivity contribution in [1.29, 1.82) is 0 Å². The van der Waals surface area contributed by atoms with Gasteiger partial charge in [0.1, 0.15) is 0 Å². The van der Waals surface area contributed by atoms with Crippen molar-refractivity contribution in [2.45, 2.75) is 118 Å². The summed E-state index contributed by atoms with van der Waals surface area (Å²) in [5.74, 6) is 1.92. The summed E-state index contributed by atoms with van der Waals surface area (Å²) in [7, 11) is 0. The highest BCUT2D eigenvalue weighted by Crippen LogP contribution is 2.75. The third kappa shape index (κ3) is 3.06. The second-order valence-corrected chi connectivity index (χ2v) is 15.7. The molecule has 0 saturated heterocycles. The molecule has 5 rings (SSSR count). The molecule has 0 N–H and O–H groups in total. The molecule has 0 heterocycles. The van der Waals surface area contributed by atoms with Gasteiger partial charge in [-0.05, 0) is 121 Å². The van der Waals surface area contributed by atoms with Crippen LogP contribution in [0.1, 0.15) is 113 Å². The summed E-state index contributed by atoms with van der Waals surface area (Å²) < 4.78 is 0. The van der Waals surface area contributed by atoms with Crippen LogP contribution >= 0.6 is 23.2 Å². The van der Waals surface area contributed by atoms with Crippen LogP contribution in [0.15, 0.2) is 11.6 Å². The lowest BCUT2D eigenvalue weighted by atomic mass is 9.34. The molecule has 4 fully saturated rings. The van der Waals surface area contributed by atoms with Gasteiger partial charge in [-0.15, -0.1) is 11.6 Å². The lowest BCUT2D eigenvalue weighted by molar-refractivity contribution is -0.178. The van der Waals surface area contributed by atoms with E-state index in [1.165, 1.54) is 38.5 Å². The van der Waals surface area contributed by atoms with Gasteiger partial charge in [-0.1, -0.05) is 60.1 Å². The third-order valence-electron chi connectivity index (χ3n) is 13.2. The average molecular weight is 494 g/mol. The molecule has 3 heteroatoms. The second-order valence-electron chi connectivity index (χ2n) is 14.9. The summed E-state index contributed by atoms with van der Waals surface area (Å²) in [5.41, 5.74) is 2.76. The predicted molar refractivity (Wildman–Crippen MR) is 140 cm³/mol. The minimum atomic E-state index is -0.366. The van der Waals surface area contributed by atoms with Gasteiger partial charge in [0, 0.05) is 10.8 Å². The number of alkyl halides is 1. The molecule has 9 atom stereocenters. The number of hydrogen-bond donors (Lipinski definition) is 0. The van der Waals surface area contributed by atoms with Gasteiger partial charge in [-0.25, -0.2) is 0 Å². The van der Waals surface area contributed by atoms with Gasteiger partial charge < -0.3 is 0 Å². The Morgan fingerprint density at radius 1 is 0.879 bits per heavy atom. The van der Waals surface area contributed by atoms with Gasteiger partial charge in [-0.3, -0.25) is 4.79 Å². The summed E-state index contributed by atoms with van der Waals surface area (Å²) in [4.78, 5) is 12.5. The predicted octanol–water partition coefficient (Wildman–Crippen LogP) is 9.16. The van der Waals surface area contributed by atoms with Gasteiger partial charge in [0.2, 0.25) is 5.24 Å². The molecule has 1 nitrogen and oxygen atoms in total. The first kappa shape index (κ1) is 24.7. The fraction of sp³-hybridized carbons (Fsp3) is 0.900. The first-order chi connectivity index (χ1) is 15.1. The smallest absolute Gasteiger partial charge is 0.227 e. The Morgan fingerprint density at radius 2 is 1.55 bits per heavy atom. The van der Waals surface area contributed by atoms with E-state index in [2.05, 4.69) is 54.5 Å². The van der Waals surface area contributed by atoms with Crippen molar-refractivity contribution in [3.05, 3.63) is 11.6 Å². The van der Waals surface area contributed by atoms with Crippen LogP contribution in [0.25, 0.3) is 0 Å². The maximum absolute atomic E-state index is 12.5. The van der Waals surface area contributed by atoms with Crippen molar-refractivity contribution < 1.29 is 4.79 Å². The summed E-state index contributed by atoms with van der Waals surface area (Å²) in [6.45, 7) is 17.4. The average Bonchev–Trinajstić information content (AvgIpc) is 2.73. The van der Waals surface area contributed by atoms with E-state index in [1.807, 2.05) is 0 Å². The van der Waals surface area contributed by atoms with Gasteiger partial charge in [0.05, 0.1) is 0 Å². The molecule has 0 amide bonds. The quantitative estimate of drug-likeness (QED) is 0.202. The monoisotopic (exact) mass is 492 g/mol. The molecule has 0 aliphatic heterocycles. The van der Waals surface area contributed by atoms with E-state index in [-0.39, 0.29) is 21.5 Å². The van der Waals surface area contributed by atoms with Crippen molar-refractivity contribution in [1.82, 2.24) is 0 Å². The fourth-order valence-electron chi connectivity index (χ4n) is 10.5.